The van der Waals surface area contributed by atoms with E-state index < -0.39 is 35.1 Å². The zero-order chi connectivity index (χ0) is 18.2. The normalized spacial score (nSPS) is 14.4. The summed E-state index contributed by atoms with van der Waals surface area (Å²) in [5.74, 6) is -9.72. The van der Waals surface area contributed by atoms with Gasteiger partial charge in [-0.3, -0.25) is 0 Å². The number of carboxylic acids is 1. The number of benzene rings is 1. The van der Waals surface area contributed by atoms with Crippen molar-refractivity contribution < 1.29 is 33.3 Å². The molecule has 1 atom stereocenters. The first-order chi connectivity index (χ1) is 10.3. The minimum atomic E-state index is -4.40. The van der Waals surface area contributed by atoms with Crippen LogP contribution in [0.5, 0.6) is 5.75 Å². The van der Waals surface area contributed by atoms with Crippen LogP contribution in [0.3, 0.4) is 0 Å². The van der Waals surface area contributed by atoms with Crippen molar-refractivity contribution in [3.63, 3.8) is 0 Å². The lowest BCUT2D eigenvalue weighted by atomic mass is 9.85. The first-order valence-corrected chi connectivity index (χ1v) is 8.51. The lowest BCUT2D eigenvalue weighted by Gasteiger charge is -2.40. The molecule has 0 fully saturated rings. The van der Waals surface area contributed by atoms with Crippen molar-refractivity contribution in [2.24, 2.45) is 5.92 Å². The number of phenolic OH excluding ortho intramolecular Hbond substituents is 1. The molecule has 0 aliphatic heterocycles. The van der Waals surface area contributed by atoms with Gasteiger partial charge >= 0.3 is 11.9 Å². The van der Waals surface area contributed by atoms with E-state index in [-0.39, 0.29) is 5.56 Å². The Labute approximate surface area is 158 Å². The average molecular weight is 553 g/mol. The molecule has 23 heavy (non-hydrogen) atoms. The Hall–Kier alpha value is -0.720. The molecule has 0 radical (unpaired) electrons. The number of ether oxygens (including phenoxy) is 1. The smallest absolute Gasteiger partial charge is 0.342 e. The quantitative estimate of drug-likeness (QED) is 0.448. The molecule has 0 aliphatic rings. The Morgan fingerprint density at radius 2 is 1.83 bits per heavy atom. The molecule has 1 rings (SSSR count). The minimum absolute atomic E-state index is 0.317. The molecule has 0 bridgehead atoms. The van der Waals surface area contributed by atoms with Crippen LogP contribution in [-0.4, -0.2) is 28.6 Å². The van der Waals surface area contributed by atoms with E-state index in [0.29, 0.717) is 7.14 Å². The average Bonchev–Trinajstić information content (AvgIpc) is 2.41. The van der Waals surface area contributed by atoms with E-state index in [2.05, 4.69) is 0 Å². The molecule has 0 heterocycles. The molecule has 5 nitrogen and oxygen atoms in total. The molecular formula is C14H13F2I2O5-. The summed E-state index contributed by atoms with van der Waals surface area (Å²) in [6.07, 6.45) is 0. The Kier molecular flexibility index (Phi) is 6.21. The van der Waals surface area contributed by atoms with E-state index in [1.54, 1.807) is 28.7 Å². The lowest BCUT2D eigenvalue weighted by molar-refractivity contribution is -0.345. The van der Waals surface area contributed by atoms with E-state index >= 15 is 0 Å². The van der Waals surface area contributed by atoms with Crippen molar-refractivity contribution in [1.29, 1.82) is 0 Å². The van der Waals surface area contributed by atoms with E-state index in [1.165, 1.54) is 19.9 Å². The second-order valence-electron chi connectivity index (χ2n) is 5.30. The maximum Gasteiger partial charge on any atom is 0.342 e. The summed E-state index contributed by atoms with van der Waals surface area (Å²) in [6, 6.07) is 2.84. The van der Waals surface area contributed by atoms with Gasteiger partial charge in [0, 0.05) is 3.57 Å². The number of halogens is 4. The van der Waals surface area contributed by atoms with Gasteiger partial charge in [0.15, 0.2) is 5.60 Å². The fourth-order valence-corrected chi connectivity index (χ4v) is 3.56. The molecule has 1 unspecified atom stereocenters. The fraction of sp³-hybridized carbons (Fsp3) is 0.429. The number of carboxylic acid groups (broad SMARTS) is 1. The molecule has 0 spiro atoms. The number of hydrogen-bond donors (Lipinski definition) is 1. The molecule has 0 aliphatic carbocycles. The van der Waals surface area contributed by atoms with Crippen LogP contribution in [0.2, 0.25) is 0 Å². The molecule has 0 amide bonds. The highest BCUT2D eigenvalue weighted by molar-refractivity contribution is 14.1. The summed E-state index contributed by atoms with van der Waals surface area (Å²) < 4.78 is 33.7. The molecule has 0 saturated heterocycles. The largest absolute Gasteiger partial charge is 0.544 e. The molecule has 1 N–H and O–H groups in total. The minimum Gasteiger partial charge on any atom is -0.544 e. The van der Waals surface area contributed by atoms with Crippen molar-refractivity contribution in [2.75, 3.05) is 0 Å². The third-order valence-corrected chi connectivity index (χ3v) is 4.98. The van der Waals surface area contributed by atoms with Gasteiger partial charge in [-0.05, 0) is 70.2 Å². The second kappa shape index (κ2) is 7.03. The van der Waals surface area contributed by atoms with Crippen LogP contribution in [0.1, 0.15) is 31.1 Å². The number of phenols is 1. The third-order valence-electron chi connectivity index (χ3n) is 3.53. The molecule has 1 aromatic rings. The van der Waals surface area contributed by atoms with Gasteiger partial charge in [-0.15, -0.1) is 0 Å². The summed E-state index contributed by atoms with van der Waals surface area (Å²) in [6.45, 7) is 3.41. The molecule has 0 saturated carbocycles. The van der Waals surface area contributed by atoms with Crippen LogP contribution in [0.25, 0.3) is 0 Å². The van der Waals surface area contributed by atoms with Crippen LogP contribution < -0.4 is 5.11 Å². The van der Waals surface area contributed by atoms with Gasteiger partial charge in [0.1, 0.15) is 17.3 Å². The Morgan fingerprint density at radius 3 is 2.26 bits per heavy atom. The summed E-state index contributed by atoms with van der Waals surface area (Å²) in [4.78, 5) is 23.0. The van der Waals surface area contributed by atoms with Crippen molar-refractivity contribution in [2.45, 2.75) is 32.3 Å². The van der Waals surface area contributed by atoms with Crippen LogP contribution in [0, 0.1) is 13.1 Å². The number of carbonyl (C=O) groups is 2. The van der Waals surface area contributed by atoms with Crippen molar-refractivity contribution in [1.82, 2.24) is 0 Å². The lowest BCUT2D eigenvalue weighted by Crippen LogP contribution is -2.61. The van der Waals surface area contributed by atoms with Crippen LogP contribution in [0.4, 0.5) is 8.78 Å². The molecule has 0 aromatic heterocycles. The number of alkyl halides is 2. The standard InChI is InChI=1S/C14H14F2I2O5/c1-6(2)13(3,14(15,16)12(21)22)23-11(20)8-4-7(17)5-9(18)10(8)19/h4-6,19H,1-3H3,(H,21,22)/p-1. The maximum atomic E-state index is 14.0. The number of rotatable bonds is 5. The molecule has 9 heteroatoms. The Balaban J connectivity index is 3.32. The van der Waals surface area contributed by atoms with Gasteiger partial charge in [0.2, 0.25) is 0 Å². The highest BCUT2D eigenvalue weighted by Gasteiger charge is 2.57. The first kappa shape index (κ1) is 20.3. The number of hydrogen-bond acceptors (Lipinski definition) is 5. The van der Waals surface area contributed by atoms with Crippen LogP contribution in [-0.2, 0) is 9.53 Å². The molecule has 1 aromatic carbocycles. The van der Waals surface area contributed by atoms with Crippen LogP contribution in [0.15, 0.2) is 12.1 Å². The highest BCUT2D eigenvalue weighted by Crippen LogP contribution is 2.39. The predicted molar refractivity (Wildman–Crippen MR) is 92.2 cm³/mol. The predicted octanol–water partition coefficient (Wildman–Crippen LogP) is 2.56. The van der Waals surface area contributed by atoms with E-state index in [1.807, 2.05) is 22.6 Å². The second-order valence-corrected chi connectivity index (χ2v) is 7.70. The zero-order valence-corrected chi connectivity index (χ0v) is 16.6. The van der Waals surface area contributed by atoms with Crippen LogP contribution >= 0.6 is 45.2 Å². The first-order valence-electron chi connectivity index (χ1n) is 6.35. The van der Waals surface area contributed by atoms with Crippen molar-refractivity contribution in [3.05, 3.63) is 24.8 Å². The van der Waals surface area contributed by atoms with E-state index in [4.69, 9.17) is 4.74 Å². The third kappa shape index (κ3) is 3.86. The monoisotopic (exact) mass is 553 g/mol. The number of aliphatic carboxylic acids is 1. The molecule has 128 valence electrons. The van der Waals surface area contributed by atoms with Crippen molar-refractivity contribution >= 4 is 57.1 Å². The highest BCUT2D eigenvalue weighted by atomic mass is 127. The summed E-state index contributed by atoms with van der Waals surface area (Å²) in [5.41, 5.74) is -2.95. The van der Waals surface area contributed by atoms with Gasteiger partial charge in [0.25, 0.3) is 0 Å². The van der Waals surface area contributed by atoms with E-state index in [0.717, 1.165) is 6.92 Å². The van der Waals surface area contributed by atoms with Gasteiger partial charge in [0.05, 0.1) is 3.57 Å². The SMILES string of the molecule is CC(C)C(C)(OC(=O)c1cc(I)cc(I)c1O)C(F)(F)C(=O)[O-]. The molecular weight excluding hydrogens is 540 g/mol. The fourth-order valence-electron chi connectivity index (χ4n) is 1.72. The Bertz CT molecular complexity index is 648. The maximum absolute atomic E-state index is 14.0. The van der Waals surface area contributed by atoms with Crippen molar-refractivity contribution in [3.8, 4) is 5.75 Å². The van der Waals surface area contributed by atoms with Gasteiger partial charge in [-0.25, -0.2) is 4.79 Å². The number of esters is 1. The van der Waals surface area contributed by atoms with E-state index in [9.17, 15) is 28.6 Å². The number of aromatic hydroxyl groups is 1. The summed E-state index contributed by atoms with van der Waals surface area (Å²) in [7, 11) is 0. The van der Waals surface area contributed by atoms with Gasteiger partial charge < -0.3 is 19.7 Å². The van der Waals surface area contributed by atoms with Gasteiger partial charge in [-0.1, -0.05) is 13.8 Å². The Morgan fingerprint density at radius 1 is 1.30 bits per heavy atom. The summed E-state index contributed by atoms with van der Waals surface area (Å²) in [5, 5.41) is 20.7. The topological polar surface area (TPSA) is 86.7 Å². The van der Waals surface area contributed by atoms with Gasteiger partial charge in [-0.2, -0.15) is 8.78 Å². The summed E-state index contributed by atoms with van der Waals surface area (Å²) >= 11 is 3.65. The number of carbonyl (C=O) groups excluding carboxylic acids is 2. The zero-order valence-electron chi connectivity index (χ0n) is 12.3.